The molecule has 0 bridgehead atoms. The molecule has 0 heterocycles. The lowest BCUT2D eigenvalue weighted by Gasteiger charge is -2.19. The lowest BCUT2D eigenvalue weighted by Crippen LogP contribution is -2.09. The molecule has 1 aliphatic rings. The van der Waals surface area contributed by atoms with Crippen molar-refractivity contribution in [3.63, 3.8) is 0 Å². The van der Waals surface area contributed by atoms with Gasteiger partial charge in [0.2, 0.25) is 0 Å². The highest BCUT2D eigenvalue weighted by molar-refractivity contribution is 5.73. The quantitative estimate of drug-likeness (QED) is 0.677. The number of allylic oxidation sites excluding steroid dienone is 3. The summed E-state index contributed by atoms with van der Waals surface area (Å²) in [5.41, 5.74) is 15.4. The molecule has 1 aliphatic carbocycles. The summed E-state index contributed by atoms with van der Waals surface area (Å²) in [7, 11) is 1.63. The zero-order valence-electron chi connectivity index (χ0n) is 16.9. The Morgan fingerprint density at radius 2 is 1.86 bits per heavy atom. The molecule has 2 heteroatoms. The van der Waals surface area contributed by atoms with Gasteiger partial charge in [-0.2, -0.15) is 0 Å². The number of methoxy groups -OCH3 is 1. The predicted octanol–water partition coefficient (Wildman–Crippen LogP) is 5.53. The van der Waals surface area contributed by atoms with Gasteiger partial charge in [0, 0.05) is 16.8 Å². The molecule has 0 unspecified atom stereocenters. The highest BCUT2D eigenvalue weighted by atomic mass is 16.5. The zero-order chi connectivity index (χ0) is 20.1. The molecule has 0 atom stereocenters. The van der Waals surface area contributed by atoms with Crippen LogP contribution in [0.5, 0.6) is 0 Å². The molecular weight excluding hydrogens is 342 g/mol. The van der Waals surface area contributed by atoms with Crippen molar-refractivity contribution in [2.45, 2.75) is 32.6 Å². The fourth-order valence-electron chi connectivity index (χ4n) is 3.75. The monoisotopic (exact) mass is 371 g/mol. The molecule has 2 aromatic carbocycles. The van der Waals surface area contributed by atoms with E-state index >= 15 is 0 Å². The third-order valence-corrected chi connectivity index (χ3v) is 5.39. The first-order valence-corrected chi connectivity index (χ1v) is 9.82. The Morgan fingerprint density at radius 1 is 1.11 bits per heavy atom. The zero-order valence-corrected chi connectivity index (χ0v) is 16.9. The van der Waals surface area contributed by atoms with Crippen molar-refractivity contribution in [1.29, 1.82) is 0 Å². The van der Waals surface area contributed by atoms with E-state index in [9.17, 15) is 0 Å². The van der Waals surface area contributed by atoms with Crippen LogP contribution in [0.4, 0.5) is 0 Å². The van der Waals surface area contributed by atoms with Crippen molar-refractivity contribution in [1.82, 2.24) is 0 Å². The number of aryl methyl sites for hydroxylation is 3. The smallest absolute Gasteiger partial charge is 0.119 e. The van der Waals surface area contributed by atoms with E-state index in [2.05, 4.69) is 68.6 Å². The van der Waals surface area contributed by atoms with Gasteiger partial charge in [-0.15, -0.1) is 0 Å². The average Bonchev–Trinajstić information content (AvgIpc) is 2.71. The highest BCUT2D eigenvalue weighted by Gasteiger charge is 2.16. The fourth-order valence-corrected chi connectivity index (χ4v) is 3.75. The third-order valence-electron chi connectivity index (χ3n) is 5.39. The number of benzene rings is 2. The Balaban J connectivity index is 1.97. The molecular formula is C26H29NO. The molecule has 3 rings (SSSR count). The van der Waals surface area contributed by atoms with Crippen LogP contribution in [0.15, 0.2) is 84.7 Å². The Kier molecular flexibility index (Phi) is 6.20. The van der Waals surface area contributed by atoms with Gasteiger partial charge in [-0.1, -0.05) is 62.6 Å². The minimum Gasteiger partial charge on any atom is -0.497 e. The molecule has 0 aliphatic heterocycles. The SMILES string of the molecule is C=C1/C=C(\N)c2cc(CC)c(CCc3ccccc3)cc2C/C=C\1C(=C)OC. The van der Waals surface area contributed by atoms with Gasteiger partial charge in [0.1, 0.15) is 5.76 Å². The van der Waals surface area contributed by atoms with Crippen LogP contribution in [-0.2, 0) is 30.4 Å². The van der Waals surface area contributed by atoms with Gasteiger partial charge in [-0.25, -0.2) is 0 Å². The van der Waals surface area contributed by atoms with Gasteiger partial charge in [0.05, 0.1) is 7.11 Å². The summed E-state index contributed by atoms with van der Waals surface area (Å²) in [5, 5.41) is 0. The second kappa shape index (κ2) is 8.79. The Bertz CT molecular complexity index is 948. The molecule has 2 N–H and O–H groups in total. The first-order valence-electron chi connectivity index (χ1n) is 9.82. The maximum Gasteiger partial charge on any atom is 0.119 e. The van der Waals surface area contributed by atoms with E-state index in [1.807, 2.05) is 6.08 Å². The Labute approximate surface area is 168 Å². The lowest BCUT2D eigenvalue weighted by atomic mass is 9.88. The fraction of sp³-hybridized carbons (Fsp3) is 0.231. The Morgan fingerprint density at radius 3 is 2.54 bits per heavy atom. The van der Waals surface area contributed by atoms with E-state index in [1.165, 1.54) is 22.3 Å². The van der Waals surface area contributed by atoms with Crippen LogP contribution in [0.25, 0.3) is 5.70 Å². The summed E-state index contributed by atoms with van der Waals surface area (Å²) in [6.45, 7) is 10.3. The van der Waals surface area contributed by atoms with Crippen molar-refractivity contribution in [2.24, 2.45) is 5.73 Å². The average molecular weight is 372 g/mol. The van der Waals surface area contributed by atoms with E-state index in [0.717, 1.165) is 48.1 Å². The summed E-state index contributed by atoms with van der Waals surface area (Å²) < 4.78 is 5.33. The van der Waals surface area contributed by atoms with Crippen LogP contribution >= 0.6 is 0 Å². The van der Waals surface area contributed by atoms with E-state index in [1.54, 1.807) is 7.11 Å². The molecule has 0 spiro atoms. The molecule has 2 aromatic rings. The van der Waals surface area contributed by atoms with Crippen molar-refractivity contribution in [2.75, 3.05) is 7.11 Å². The maximum atomic E-state index is 6.45. The molecule has 0 saturated heterocycles. The first-order chi connectivity index (χ1) is 13.5. The number of rotatable bonds is 6. The van der Waals surface area contributed by atoms with Crippen molar-refractivity contribution < 1.29 is 4.74 Å². The first kappa shape index (κ1) is 19.8. The molecule has 28 heavy (non-hydrogen) atoms. The van der Waals surface area contributed by atoms with E-state index in [-0.39, 0.29) is 0 Å². The van der Waals surface area contributed by atoms with E-state index < -0.39 is 0 Å². The summed E-state index contributed by atoms with van der Waals surface area (Å²) in [4.78, 5) is 0. The standard InChI is InChI=1S/C26H29NO/c1-5-21-17-25-23(16-22(21)12-11-20-9-7-6-8-10-20)13-14-24(19(3)28-4)18(2)15-26(25)27/h6-10,14-17H,2-3,5,11-13,27H2,1,4H3/b24-14+,26-15-. The topological polar surface area (TPSA) is 35.2 Å². The second-order valence-electron chi connectivity index (χ2n) is 7.19. The molecule has 144 valence electrons. The van der Waals surface area contributed by atoms with Gasteiger partial charge in [0.25, 0.3) is 0 Å². The van der Waals surface area contributed by atoms with Crippen LogP contribution in [0.2, 0.25) is 0 Å². The number of ether oxygens (including phenoxy) is 1. The summed E-state index contributed by atoms with van der Waals surface area (Å²) in [5.74, 6) is 0.618. The van der Waals surface area contributed by atoms with Gasteiger partial charge in [-0.05, 0) is 65.7 Å². The number of nitrogens with two attached hydrogens (primary N) is 1. The van der Waals surface area contributed by atoms with E-state index in [4.69, 9.17) is 10.5 Å². The van der Waals surface area contributed by atoms with Gasteiger partial charge < -0.3 is 10.5 Å². The largest absolute Gasteiger partial charge is 0.497 e. The van der Waals surface area contributed by atoms with E-state index in [0.29, 0.717) is 5.76 Å². The molecule has 2 nitrogen and oxygen atoms in total. The van der Waals surface area contributed by atoms with Gasteiger partial charge >= 0.3 is 0 Å². The van der Waals surface area contributed by atoms with Gasteiger partial charge in [0.15, 0.2) is 0 Å². The summed E-state index contributed by atoms with van der Waals surface area (Å²) >= 11 is 0. The lowest BCUT2D eigenvalue weighted by molar-refractivity contribution is 0.304. The van der Waals surface area contributed by atoms with Crippen LogP contribution in [-0.4, -0.2) is 7.11 Å². The summed E-state index contributed by atoms with van der Waals surface area (Å²) in [6.07, 6.45) is 7.91. The maximum absolute atomic E-state index is 6.45. The van der Waals surface area contributed by atoms with Gasteiger partial charge in [-0.3, -0.25) is 0 Å². The van der Waals surface area contributed by atoms with Crippen LogP contribution in [0.3, 0.4) is 0 Å². The summed E-state index contributed by atoms with van der Waals surface area (Å²) in [6, 6.07) is 15.2. The Hall–Kier alpha value is -3.00. The van der Waals surface area contributed by atoms with Crippen molar-refractivity contribution >= 4 is 5.70 Å². The van der Waals surface area contributed by atoms with Crippen LogP contribution in [0, 0.1) is 0 Å². The number of fused-ring (bicyclic) bond motifs is 1. The third kappa shape index (κ3) is 4.28. The van der Waals surface area contributed by atoms with Crippen LogP contribution < -0.4 is 5.73 Å². The molecule has 0 radical (unpaired) electrons. The minimum atomic E-state index is 0.618. The number of hydrogen-bond acceptors (Lipinski definition) is 2. The predicted molar refractivity (Wildman–Crippen MR) is 119 cm³/mol. The second-order valence-corrected chi connectivity index (χ2v) is 7.19. The molecule has 0 aromatic heterocycles. The van der Waals surface area contributed by atoms with Crippen molar-refractivity contribution in [3.8, 4) is 0 Å². The minimum absolute atomic E-state index is 0.618. The van der Waals surface area contributed by atoms with Crippen LogP contribution in [0.1, 0.15) is 34.7 Å². The normalized spacial score (nSPS) is 17.4. The van der Waals surface area contributed by atoms with Crippen molar-refractivity contribution in [3.05, 3.63) is 112 Å². The molecule has 0 fully saturated rings. The highest BCUT2D eigenvalue weighted by Crippen LogP contribution is 2.30. The molecule has 0 saturated carbocycles. The number of hydrogen-bond donors (Lipinski definition) is 1. The molecule has 0 amide bonds.